The van der Waals surface area contributed by atoms with Crippen LogP contribution in [0.4, 0.5) is 0 Å². The van der Waals surface area contributed by atoms with Crippen LogP contribution in [-0.2, 0) is 4.74 Å². The third-order valence-electron chi connectivity index (χ3n) is 2.21. The minimum atomic E-state index is 0.326. The van der Waals surface area contributed by atoms with E-state index in [1.807, 2.05) is 0 Å². The average molecular weight is 217 g/mol. The van der Waals surface area contributed by atoms with Gasteiger partial charge in [0.1, 0.15) is 0 Å². The van der Waals surface area contributed by atoms with Crippen molar-refractivity contribution in [3.8, 4) is 0 Å². The van der Waals surface area contributed by atoms with Crippen LogP contribution in [0.1, 0.15) is 46.0 Å². The molecular weight excluding hydrogens is 190 g/mol. The molecular formula is C12H27NO2. The van der Waals surface area contributed by atoms with Gasteiger partial charge in [0.15, 0.2) is 0 Å². The van der Waals surface area contributed by atoms with E-state index in [-0.39, 0.29) is 0 Å². The first-order valence-electron chi connectivity index (χ1n) is 6.20. The van der Waals surface area contributed by atoms with Crippen molar-refractivity contribution in [2.45, 2.75) is 52.1 Å². The predicted octanol–water partition coefficient (Wildman–Crippen LogP) is 1.94. The van der Waals surface area contributed by atoms with Crippen molar-refractivity contribution in [2.75, 3.05) is 26.3 Å². The van der Waals surface area contributed by atoms with E-state index in [0.29, 0.717) is 12.7 Å². The van der Waals surface area contributed by atoms with E-state index in [4.69, 9.17) is 9.84 Å². The summed E-state index contributed by atoms with van der Waals surface area (Å²) in [5, 5.41) is 12.0. The Morgan fingerprint density at radius 3 is 2.27 bits per heavy atom. The molecule has 0 aromatic rings. The largest absolute Gasteiger partial charge is 0.396 e. The van der Waals surface area contributed by atoms with Crippen LogP contribution in [0.3, 0.4) is 0 Å². The van der Waals surface area contributed by atoms with Crippen LogP contribution < -0.4 is 5.32 Å². The SMILES string of the molecule is CC(C)OCCCCNCCCCCO. The summed E-state index contributed by atoms with van der Waals surface area (Å²) in [7, 11) is 0. The van der Waals surface area contributed by atoms with Crippen molar-refractivity contribution in [1.82, 2.24) is 5.32 Å². The molecule has 0 bridgehead atoms. The monoisotopic (exact) mass is 217 g/mol. The predicted molar refractivity (Wildman–Crippen MR) is 64.1 cm³/mol. The Labute approximate surface area is 94.2 Å². The molecule has 0 heterocycles. The maximum absolute atomic E-state index is 8.58. The van der Waals surface area contributed by atoms with Gasteiger partial charge in [-0.05, 0) is 59.0 Å². The van der Waals surface area contributed by atoms with E-state index in [2.05, 4.69) is 19.2 Å². The molecule has 0 aliphatic rings. The summed E-state index contributed by atoms with van der Waals surface area (Å²) >= 11 is 0. The van der Waals surface area contributed by atoms with Crippen LogP contribution in [0.15, 0.2) is 0 Å². The van der Waals surface area contributed by atoms with Crippen LogP contribution in [0.2, 0.25) is 0 Å². The van der Waals surface area contributed by atoms with Gasteiger partial charge in [-0.3, -0.25) is 0 Å². The summed E-state index contributed by atoms with van der Waals surface area (Å²) in [5.74, 6) is 0. The van der Waals surface area contributed by atoms with Crippen LogP contribution in [0, 0.1) is 0 Å². The molecule has 3 heteroatoms. The first kappa shape index (κ1) is 14.9. The first-order chi connectivity index (χ1) is 7.27. The fraction of sp³-hybridized carbons (Fsp3) is 1.00. The molecule has 3 nitrogen and oxygen atoms in total. The molecule has 2 N–H and O–H groups in total. The normalized spacial score (nSPS) is 11.2. The van der Waals surface area contributed by atoms with E-state index >= 15 is 0 Å². The Hall–Kier alpha value is -0.120. The quantitative estimate of drug-likeness (QED) is 0.520. The zero-order valence-electron chi connectivity index (χ0n) is 10.3. The summed E-state index contributed by atoms with van der Waals surface area (Å²) in [6, 6.07) is 0. The fourth-order valence-electron chi connectivity index (χ4n) is 1.33. The molecule has 0 amide bonds. The molecule has 0 unspecified atom stereocenters. The Morgan fingerprint density at radius 1 is 1.00 bits per heavy atom. The van der Waals surface area contributed by atoms with Crippen molar-refractivity contribution in [1.29, 1.82) is 0 Å². The van der Waals surface area contributed by atoms with Gasteiger partial charge in [-0.15, -0.1) is 0 Å². The summed E-state index contributed by atoms with van der Waals surface area (Å²) in [6.45, 7) is 7.50. The van der Waals surface area contributed by atoms with Crippen molar-refractivity contribution in [3.05, 3.63) is 0 Å². The van der Waals surface area contributed by atoms with Crippen LogP contribution in [-0.4, -0.2) is 37.5 Å². The molecule has 15 heavy (non-hydrogen) atoms. The third kappa shape index (κ3) is 13.9. The zero-order chi connectivity index (χ0) is 11.4. The molecule has 0 aromatic carbocycles. The Balaban J connectivity index is 2.87. The Kier molecular flexibility index (Phi) is 11.9. The highest BCUT2D eigenvalue weighted by molar-refractivity contribution is 4.50. The summed E-state index contributed by atoms with van der Waals surface area (Å²) < 4.78 is 5.45. The van der Waals surface area contributed by atoms with Gasteiger partial charge in [-0.2, -0.15) is 0 Å². The summed E-state index contributed by atoms with van der Waals surface area (Å²) in [4.78, 5) is 0. The number of nitrogens with one attached hydrogen (secondary N) is 1. The molecule has 0 saturated carbocycles. The third-order valence-corrected chi connectivity index (χ3v) is 2.21. The van der Waals surface area contributed by atoms with E-state index < -0.39 is 0 Å². The molecule has 0 fully saturated rings. The van der Waals surface area contributed by atoms with Crippen molar-refractivity contribution in [2.24, 2.45) is 0 Å². The molecule has 0 aliphatic heterocycles. The van der Waals surface area contributed by atoms with Crippen molar-refractivity contribution in [3.63, 3.8) is 0 Å². The van der Waals surface area contributed by atoms with Gasteiger partial charge in [0.05, 0.1) is 6.10 Å². The fourth-order valence-corrected chi connectivity index (χ4v) is 1.33. The summed E-state index contributed by atoms with van der Waals surface area (Å²) in [6.07, 6.45) is 5.91. The standard InChI is InChI=1S/C12H27NO2/c1-12(2)15-11-7-5-9-13-8-4-3-6-10-14/h12-14H,3-11H2,1-2H3. The van der Waals surface area contributed by atoms with E-state index in [1.54, 1.807) is 0 Å². The van der Waals surface area contributed by atoms with Gasteiger partial charge in [-0.1, -0.05) is 0 Å². The number of hydrogen-bond donors (Lipinski definition) is 2. The molecule has 0 atom stereocenters. The number of aliphatic hydroxyl groups is 1. The lowest BCUT2D eigenvalue weighted by Crippen LogP contribution is -2.17. The highest BCUT2D eigenvalue weighted by Gasteiger charge is 1.93. The van der Waals surface area contributed by atoms with Gasteiger partial charge in [0, 0.05) is 13.2 Å². The number of ether oxygens (including phenoxy) is 1. The van der Waals surface area contributed by atoms with Gasteiger partial charge in [0.2, 0.25) is 0 Å². The molecule has 0 saturated heterocycles. The highest BCUT2D eigenvalue weighted by Crippen LogP contribution is 1.94. The lowest BCUT2D eigenvalue weighted by Gasteiger charge is -2.07. The highest BCUT2D eigenvalue weighted by atomic mass is 16.5. The minimum absolute atomic E-state index is 0.326. The van der Waals surface area contributed by atoms with Crippen molar-refractivity contribution >= 4 is 0 Å². The van der Waals surface area contributed by atoms with E-state index in [9.17, 15) is 0 Å². The number of rotatable bonds is 11. The van der Waals surface area contributed by atoms with Crippen molar-refractivity contribution < 1.29 is 9.84 Å². The maximum atomic E-state index is 8.58. The van der Waals surface area contributed by atoms with E-state index in [1.165, 1.54) is 12.8 Å². The number of aliphatic hydroxyl groups excluding tert-OH is 1. The number of hydrogen-bond acceptors (Lipinski definition) is 3. The molecule has 0 aliphatic carbocycles. The molecule has 0 aromatic heterocycles. The molecule has 0 spiro atoms. The minimum Gasteiger partial charge on any atom is -0.396 e. The smallest absolute Gasteiger partial charge is 0.0518 e. The maximum Gasteiger partial charge on any atom is 0.0518 e. The van der Waals surface area contributed by atoms with Crippen LogP contribution >= 0.6 is 0 Å². The number of unbranched alkanes of at least 4 members (excludes halogenated alkanes) is 3. The second-order valence-electron chi connectivity index (χ2n) is 4.16. The van der Waals surface area contributed by atoms with Gasteiger partial charge >= 0.3 is 0 Å². The molecule has 0 radical (unpaired) electrons. The second-order valence-corrected chi connectivity index (χ2v) is 4.16. The van der Waals surface area contributed by atoms with Gasteiger partial charge in [-0.25, -0.2) is 0 Å². The Bertz CT molecular complexity index is 118. The zero-order valence-corrected chi connectivity index (χ0v) is 10.3. The molecule has 0 rings (SSSR count). The molecule has 92 valence electrons. The lowest BCUT2D eigenvalue weighted by molar-refractivity contribution is 0.0760. The Morgan fingerprint density at radius 2 is 1.67 bits per heavy atom. The topological polar surface area (TPSA) is 41.5 Å². The van der Waals surface area contributed by atoms with Gasteiger partial charge in [0.25, 0.3) is 0 Å². The second kappa shape index (κ2) is 12.0. The lowest BCUT2D eigenvalue weighted by atomic mass is 10.2. The van der Waals surface area contributed by atoms with Gasteiger partial charge < -0.3 is 15.2 Å². The summed E-state index contributed by atoms with van der Waals surface area (Å²) in [5.41, 5.74) is 0. The van der Waals surface area contributed by atoms with Crippen LogP contribution in [0.5, 0.6) is 0 Å². The van der Waals surface area contributed by atoms with E-state index in [0.717, 1.165) is 39.0 Å². The average Bonchev–Trinajstić information content (AvgIpc) is 2.20. The van der Waals surface area contributed by atoms with Crippen LogP contribution in [0.25, 0.3) is 0 Å². The first-order valence-corrected chi connectivity index (χ1v) is 6.20.